The molecular weight excluding hydrogens is 268 g/mol. The Morgan fingerprint density at radius 3 is 3.00 bits per heavy atom. The number of hydrogen-bond donors (Lipinski definition) is 1. The number of anilines is 1. The van der Waals surface area contributed by atoms with Crippen molar-refractivity contribution in [3.8, 4) is 0 Å². The van der Waals surface area contributed by atoms with E-state index in [1.54, 1.807) is 0 Å². The van der Waals surface area contributed by atoms with Gasteiger partial charge in [0.1, 0.15) is 16.5 Å². The molecule has 0 radical (unpaired) electrons. The highest BCUT2D eigenvalue weighted by atomic mass is 35.5. The minimum absolute atomic E-state index is 0.0465. The van der Waals surface area contributed by atoms with Crippen molar-refractivity contribution in [1.82, 2.24) is 4.98 Å². The molecule has 6 heteroatoms. The quantitative estimate of drug-likeness (QED) is 0.864. The van der Waals surface area contributed by atoms with Gasteiger partial charge in [0, 0.05) is 6.54 Å². The third-order valence-corrected chi connectivity index (χ3v) is 3.49. The minimum Gasteiger partial charge on any atom is -0.478 e. The molecule has 1 fully saturated rings. The molecule has 1 aliphatic rings. The molecular formula is C13H17ClN2O3. The van der Waals surface area contributed by atoms with Crippen molar-refractivity contribution < 1.29 is 14.6 Å². The Bertz CT molecular complexity index is 481. The zero-order valence-electron chi connectivity index (χ0n) is 11.0. The molecule has 104 valence electrons. The fourth-order valence-electron chi connectivity index (χ4n) is 2.25. The standard InChI is InChI=1S/C13H17ClN2O3/c1-3-9-7-19-8(2)6-16(9)12-10(13(17)18)4-5-11(14)15-12/h4-5,8-9H,3,6-7H2,1-2H3,(H,17,18). The number of carboxylic acid groups (broad SMARTS) is 1. The van der Waals surface area contributed by atoms with Crippen LogP contribution >= 0.6 is 11.6 Å². The number of ether oxygens (including phenoxy) is 1. The van der Waals surface area contributed by atoms with Crippen molar-refractivity contribution in [2.24, 2.45) is 0 Å². The van der Waals surface area contributed by atoms with Crippen molar-refractivity contribution in [1.29, 1.82) is 0 Å². The fraction of sp³-hybridized carbons (Fsp3) is 0.538. The van der Waals surface area contributed by atoms with Gasteiger partial charge in [-0.3, -0.25) is 0 Å². The fourth-order valence-corrected chi connectivity index (χ4v) is 2.40. The average Bonchev–Trinajstić information content (AvgIpc) is 2.38. The number of aromatic nitrogens is 1. The number of carboxylic acids is 1. The number of aromatic carboxylic acids is 1. The first kappa shape index (κ1) is 14.1. The third kappa shape index (κ3) is 2.98. The van der Waals surface area contributed by atoms with Gasteiger partial charge in [-0.1, -0.05) is 18.5 Å². The summed E-state index contributed by atoms with van der Waals surface area (Å²) in [5.41, 5.74) is 0.178. The highest BCUT2D eigenvalue weighted by molar-refractivity contribution is 6.29. The molecule has 1 aromatic rings. The van der Waals surface area contributed by atoms with Crippen LogP contribution in [0, 0.1) is 0 Å². The summed E-state index contributed by atoms with van der Waals surface area (Å²) in [4.78, 5) is 17.5. The first-order chi connectivity index (χ1) is 9.02. The number of hydrogen-bond acceptors (Lipinski definition) is 4. The molecule has 2 rings (SSSR count). The van der Waals surface area contributed by atoms with Crippen LogP contribution in [0.25, 0.3) is 0 Å². The second-order valence-electron chi connectivity index (χ2n) is 4.67. The summed E-state index contributed by atoms with van der Waals surface area (Å²) in [6, 6.07) is 3.12. The number of carbonyl (C=O) groups is 1. The van der Waals surface area contributed by atoms with Crippen LogP contribution in [0.3, 0.4) is 0 Å². The number of rotatable bonds is 3. The Balaban J connectivity index is 2.42. The minimum atomic E-state index is -0.992. The molecule has 2 unspecified atom stereocenters. The van der Waals surface area contributed by atoms with Crippen LogP contribution in [-0.2, 0) is 4.74 Å². The lowest BCUT2D eigenvalue weighted by Crippen LogP contribution is -2.49. The molecule has 1 N–H and O–H groups in total. The van der Waals surface area contributed by atoms with E-state index in [0.29, 0.717) is 24.1 Å². The maximum Gasteiger partial charge on any atom is 0.339 e. The van der Waals surface area contributed by atoms with E-state index in [-0.39, 0.29) is 17.7 Å². The molecule has 0 aliphatic carbocycles. The Morgan fingerprint density at radius 2 is 2.37 bits per heavy atom. The molecule has 0 spiro atoms. The number of pyridine rings is 1. The van der Waals surface area contributed by atoms with Crippen LogP contribution in [-0.4, -0.2) is 41.4 Å². The SMILES string of the molecule is CCC1COC(C)CN1c1nc(Cl)ccc1C(=O)O. The first-order valence-electron chi connectivity index (χ1n) is 6.31. The van der Waals surface area contributed by atoms with Gasteiger partial charge >= 0.3 is 5.97 Å². The molecule has 2 heterocycles. The largest absolute Gasteiger partial charge is 0.478 e. The summed E-state index contributed by atoms with van der Waals surface area (Å²) < 4.78 is 5.61. The molecule has 0 amide bonds. The molecule has 0 saturated carbocycles. The van der Waals surface area contributed by atoms with Gasteiger partial charge in [-0.05, 0) is 25.5 Å². The average molecular weight is 285 g/mol. The summed E-state index contributed by atoms with van der Waals surface area (Å²) >= 11 is 5.91. The Labute approximate surface area is 117 Å². The molecule has 0 bridgehead atoms. The van der Waals surface area contributed by atoms with Crippen LogP contribution in [0.4, 0.5) is 5.82 Å². The van der Waals surface area contributed by atoms with E-state index in [1.807, 2.05) is 18.7 Å². The highest BCUT2D eigenvalue weighted by Gasteiger charge is 2.29. The highest BCUT2D eigenvalue weighted by Crippen LogP contribution is 2.26. The first-order valence-corrected chi connectivity index (χ1v) is 6.68. The maximum absolute atomic E-state index is 11.3. The van der Waals surface area contributed by atoms with Gasteiger partial charge in [0.25, 0.3) is 0 Å². The van der Waals surface area contributed by atoms with Crippen molar-refractivity contribution >= 4 is 23.4 Å². The number of morpholine rings is 1. The molecule has 0 aromatic carbocycles. The lowest BCUT2D eigenvalue weighted by molar-refractivity contribution is 0.0294. The van der Waals surface area contributed by atoms with Crippen molar-refractivity contribution in [3.05, 3.63) is 22.8 Å². The van der Waals surface area contributed by atoms with Gasteiger partial charge in [0.2, 0.25) is 0 Å². The van der Waals surface area contributed by atoms with E-state index in [1.165, 1.54) is 12.1 Å². The number of nitrogens with zero attached hydrogens (tertiary/aromatic N) is 2. The summed E-state index contributed by atoms with van der Waals surface area (Å²) in [7, 11) is 0. The Hall–Kier alpha value is -1.33. The van der Waals surface area contributed by atoms with E-state index >= 15 is 0 Å². The van der Waals surface area contributed by atoms with E-state index in [4.69, 9.17) is 16.3 Å². The lowest BCUT2D eigenvalue weighted by atomic mass is 10.1. The van der Waals surface area contributed by atoms with Crippen LogP contribution < -0.4 is 4.90 Å². The van der Waals surface area contributed by atoms with Gasteiger partial charge in [0.05, 0.1) is 18.8 Å². The van der Waals surface area contributed by atoms with Crippen LogP contribution in [0.2, 0.25) is 5.15 Å². The van der Waals surface area contributed by atoms with E-state index < -0.39 is 5.97 Å². The van der Waals surface area contributed by atoms with Gasteiger partial charge in [-0.25, -0.2) is 9.78 Å². The normalized spacial score (nSPS) is 23.4. The molecule has 1 aliphatic heterocycles. The second-order valence-corrected chi connectivity index (χ2v) is 5.06. The topological polar surface area (TPSA) is 62.7 Å². The molecule has 5 nitrogen and oxygen atoms in total. The van der Waals surface area contributed by atoms with Gasteiger partial charge in [-0.15, -0.1) is 0 Å². The Morgan fingerprint density at radius 1 is 1.63 bits per heavy atom. The smallest absolute Gasteiger partial charge is 0.339 e. The summed E-state index contributed by atoms with van der Waals surface area (Å²) in [6.45, 7) is 5.20. The monoisotopic (exact) mass is 284 g/mol. The molecule has 1 aromatic heterocycles. The van der Waals surface area contributed by atoms with Crippen molar-refractivity contribution in [2.45, 2.75) is 32.4 Å². The van der Waals surface area contributed by atoms with Gasteiger partial charge < -0.3 is 14.7 Å². The van der Waals surface area contributed by atoms with E-state index in [2.05, 4.69) is 4.98 Å². The van der Waals surface area contributed by atoms with Crippen molar-refractivity contribution in [3.63, 3.8) is 0 Å². The van der Waals surface area contributed by atoms with Crippen LogP contribution in [0.15, 0.2) is 12.1 Å². The predicted molar refractivity (Wildman–Crippen MR) is 73.0 cm³/mol. The van der Waals surface area contributed by atoms with E-state index in [9.17, 15) is 9.90 Å². The molecule has 2 atom stereocenters. The van der Waals surface area contributed by atoms with Crippen molar-refractivity contribution in [2.75, 3.05) is 18.1 Å². The van der Waals surface area contributed by atoms with E-state index in [0.717, 1.165) is 6.42 Å². The third-order valence-electron chi connectivity index (χ3n) is 3.28. The zero-order chi connectivity index (χ0) is 14.0. The maximum atomic E-state index is 11.3. The number of halogens is 1. The van der Waals surface area contributed by atoms with Gasteiger partial charge in [0.15, 0.2) is 0 Å². The molecule has 1 saturated heterocycles. The van der Waals surface area contributed by atoms with Crippen LogP contribution in [0.5, 0.6) is 0 Å². The lowest BCUT2D eigenvalue weighted by Gasteiger charge is -2.39. The zero-order valence-corrected chi connectivity index (χ0v) is 11.7. The predicted octanol–water partition coefficient (Wildman–Crippen LogP) is 2.44. The second kappa shape index (κ2) is 5.75. The summed E-state index contributed by atoms with van der Waals surface area (Å²) in [5, 5.41) is 9.57. The summed E-state index contributed by atoms with van der Waals surface area (Å²) in [5.74, 6) is -0.560. The van der Waals surface area contributed by atoms with Crippen LogP contribution in [0.1, 0.15) is 30.6 Å². The molecule has 19 heavy (non-hydrogen) atoms. The van der Waals surface area contributed by atoms with Gasteiger partial charge in [-0.2, -0.15) is 0 Å². The summed E-state index contributed by atoms with van der Waals surface area (Å²) in [6.07, 6.45) is 0.908. The Kier molecular flexibility index (Phi) is 4.27.